The van der Waals surface area contributed by atoms with Crippen LogP contribution in [0.2, 0.25) is 0 Å². The summed E-state index contributed by atoms with van der Waals surface area (Å²) >= 11 is 0. The lowest BCUT2D eigenvalue weighted by Crippen LogP contribution is -2.00. The molecule has 0 fully saturated rings. The molecule has 14 heavy (non-hydrogen) atoms. The third-order valence-electron chi connectivity index (χ3n) is 1.62. The third kappa shape index (κ3) is 3.53. The molecule has 0 aliphatic heterocycles. The molecule has 4 nitrogen and oxygen atoms in total. The number of hydrogen-bond donors (Lipinski definition) is 1. The minimum absolute atomic E-state index is 0.0982. The van der Waals surface area contributed by atoms with Gasteiger partial charge in [-0.3, -0.25) is 4.98 Å². The van der Waals surface area contributed by atoms with Gasteiger partial charge in [-0.05, 0) is 6.92 Å². The Morgan fingerprint density at radius 1 is 1.50 bits per heavy atom. The number of aliphatic hydroxyl groups excluding tert-OH is 1. The van der Waals surface area contributed by atoms with Crippen molar-refractivity contribution in [3.05, 3.63) is 30.2 Å². The van der Waals surface area contributed by atoms with Crippen LogP contribution in [-0.2, 0) is 6.61 Å². The van der Waals surface area contributed by atoms with Crippen LogP contribution >= 0.6 is 0 Å². The van der Waals surface area contributed by atoms with Gasteiger partial charge in [0.25, 0.3) is 0 Å². The molecule has 1 rings (SSSR count). The standard InChI is InChI=1S/C10H14N2O2/c1-8(2)3-4-14-10-6-11-9(7-13)5-12-10/h5-6,13H,1,3-4,7H2,2H3. The number of hydrogen-bond acceptors (Lipinski definition) is 4. The molecule has 0 amide bonds. The van der Waals surface area contributed by atoms with Gasteiger partial charge in [-0.25, -0.2) is 4.98 Å². The Labute approximate surface area is 83.3 Å². The Bertz CT molecular complexity index is 295. The molecule has 1 aromatic heterocycles. The van der Waals surface area contributed by atoms with Gasteiger partial charge in [-0.1, -0.05) is 5.57 Å². The fraction of sp³-hybridized carbons (Fsp3) is 0.400. The minimum Gasteiger partial charge on any atom is -0.476 e. The molecular weight excluding hydrogens is 180 g/mol. The monoisotopic (exact) mass is 194 g/mol. The van der Waals surface area contributed by atoms with Crippen molar-refractivity contribution < 1.29 is 9.84 Å². The van der Waals surface area contributed by atoms with Crippen molar-refractivity contribution in [1.82, 2.24) is 9.97 Å². The normalized spacial score (nSPS) is 9.86. The van der Waals surface area contributed by atoms with E-state index in [-0.39, 0.29) is 6.61 Å². The van der Waals surface area contributed by atoms with Gasteiger partial charge in [-0.2, -0.15) is 0 Å². The maximum absolute atomic E-state index is 8.72. The summed E-state index contributed by atoms with van der Waals surface area (Å²) in [4.78, 5) is 7.91. The van der Waals surface area contributed by atoms with E-state index in [9.17, 15) is 0 Å². The number of ether oxygens (including phenoxy) is 1. The van der Waals surface area contributed by atoms with Crippen LogP contribution in [0, 0.1) is 0 Å². The van der Waals surface area contributed by atoms with E-state index in [1.165, 1.54) is 12.4 Å². The van der Waals surface area contributed by atoms with Crippen LogP contribution in [0.25, 0.3) is 0 Å². The van der Waals surface area contributed by atoms with E-state index >= 15 is 0 Å². The SMILES string of the molecule is C=C(C)CCOc1cnc(CO)cn1. The van der Waals surface area contributed by atoms with Crippen molar-refractivity contribution >= 4 is 0 Å². The predicted octanol–water partition coefficient (Wildman–Crippen LogP) is 1.31. The van der Waals surface area contributed by atoms with E-state index in [0.717, 1.165) is 12.0 Å². The Morgan fingerprint density at radius 2 is 2.29 bits per heavy atom. The van der Waals surface area contributed by atoms with Crippen molar-refractivity contribution in [2.45, 2.75) is 20.0 Å². The van der Waals surface area contributed by atoms with Crippen LogP contribution < -0.4 is 4.74 Å². The molecule has 0 bridgehead atoms. The number of aliphatic hydroxyl groups is 1. The molecule has 1 aromatic rings. The summed E-state index contributed by atoms with van der Waals surface area (Å²) in [5.74, 6) is 0.475. The quantitative estimate of drug-likeness (QED) is 0.718. The number of nitrogens with zero attached hydrogens (tertiary/aromatic N) is 2. The van der Waals surface area contributed by atoms with Crippen molar-refractivity contribution in [3.8, 4) is 5.88 Å². The molecule has 0 saturated carbocycles. The molecule has 0 aliphatic carbocycles. The van der Waals surface area contributed by atoms with Crippen molar-refractivity contribution in [2.75, 3.05) is 6.61 Å². The van der Waals surface area contributed by atoms with Crippen LogP contribution in [0.5, 0.6) is 5.88 Å². The lowest BCUT2D eigenvalue weighted by atomic mass is 10.3. The third-order valence-corrected chi connectivity index (χ3v) is 1.62. The zero-order valence-electron chi connectivity index (χ0n) is 8.23. The molecule has 76 valence electrons. The predicted molar refractivity (Wildman–Crippen MR) is 52.9 cm³/mol. The summed E-state index contributed by atoms with van der Waals surface area (Å²) in [6.45, 7) is 6.17. The highest BCUT2D eigenvalue weighted by atomic mass is 16.5. The van der Waals surface area contributed by atoms with Crippen LogP contribution in [0.4, 0.5) is 0 Å². The fourth-order valence-electron chi connectivity index (χ4n) is 0.829. The number of rotatable bonds is 5. The first-order chi connectivity index (χ1) is 6.72. The van der Waals surface area contributed by atoms with Gasteiger partial charge in [0.1, 0.15) is 0 Å². The zero-order chi connectivity index (χ0) is 10.4. The van der Waals surface area contributed by atoms with E-state index in [0.29, 0.717) is 18.2 Å². The van der Waals surface area contributed by atoms with E-state index in [4.69, 9.17) is 9.84 Å². The molecular formula is C10H14N2O2. The van der Waals surface area contributed by atoms with Gasteiger partial charge in [-0.15, -0.1) is 6.58 Å². The largest absolute Gasteiger partial charge is 0.476 e. The Hall–Kier alpha value is -1.42. The molecule has 0 saturated heterocycles. The second kappa shape index (κ2) is 5.34. The first-order valence-electron chi connectivity index (χ1n) is 4.41. The van der Waals surface area contributed by atoms with Crippen LogP contribution in [-0.4, -0.2) is 21.7 Å². The van der Waals surface area contributed by atoms with Gasteiger partial charge in [0.15, 0.2) is 0 Å². The molecule has 0 aromatic carbocycles. The molecule has 0 aliphatic rings. The van der Waals surface area contributed by atoms with Crippen LogP contribution in [0.15, 0.2) is 24.5 Å². The summed E-state index contributed by atoms with van der Waals surface area (Å²) in [6.07, 6.45) is 3.81. The minimum atomic E-state index is -0.0982. The molecule has 1 heterocycles. The van der Waals surface area contributed by atoms with E-state index < -0.39 is 0 Å². The van der Waals surface area contributed by atoms with Gasteiger partial charge >= 0.3 is 0 Å². The van der Waals surface area contributed by atoms with Crippen LogP contribution in [0.1, 0.15) is 19.0 Å². The first-order valence-corrected chi connectivity index (χ1v) is 4.41. The molecule has 1 N–H and O–H groups in total. The maximum Gasteiger partial charge on any atom is 0.232 e. The zero-order valence-corrected chi connectivity index (χ0v) is 8.23. The highest BCUT2D eigenvalue weighted by Crippen LogP contribution is 2.05. The summed E-state index contributed by atoms with van der Waals surface area (Å²) in [5, 5.41) is 8.72. The van der Waals surface area contributed by atoms with Gasteiger partial charge in [0.2, 0.25) is 5.88 Å². The lowest BCUT2D eigenvalue weighted by Gasteiger charge is -2.04. The Kier molecular flexibility index (Phi) is 4.07. The van der Waals surface area contributed by atoms with Crippen molar-refractivity contribution in [2.24, 2.45) is 0 Å². The Balaban J connectivity index is 2.40. The summed E-state index contributed by atoms with van der Waals surface area (Å²) in [6, 6.07) is 0. The first kappa shape index (κ1) is 10.7. The average Bonchev–Trinajstić information content (AvgIpc) is 2.18. The second-order valence-corrected chi connectivity index (χ2v) is 3.06. The highest BCUT2D eigenvalue weighted by molar-refractivity contribution is 5.06. The van der Waals surface area contributed by atoms with Crippen molar-refractivity contribution in [1.29, 1.82) is 0 Å². The molecule has 0 unspecified atom stereocenters. The lowest BCUT2D eigenvalue weighted by molar-refractivity contribution is 0.273. The van der Waals surface area contributed by atoms with Crippen molar-refractivity contribution in [3.63, 3.8) is 0 Å². The molecule has 4 heteroatoms. The van der Waals surface area contributed by atoms with E-state index in [2.05, 4.69) is 16.5 Å². The van der Waals surface area contributed by atoms with Gasteiger partial charge in [0, 0.05) is 6.42 Å². The summed E-state index contributed by atoms with van der Waals surface area (Å²) < 4.78 is 5.30. The van der Waals surface area contributed by atoms with Gasteiger partial charge < -0.3 is 9.84 Å². The Morgan fingerprint density at radius 3 is 2.79 bits per heavy atom. The maximum atomic E-state index is 8.72. The number of aromatic nitrogens is 2. The topological polar surface area (TPSA) is 55.2 Å². The molecule has 0 atom stereocenters. The second-order valence-electron chi connectivity index (χ2n) is 3.06. The summed E-state index contributed by atoms with van der Waals surface area (Å²) in [5.41, 5.74) is 1.61. The molecule has 0 radical (unpaired) electrons. The highest BCUT2D eigenvalue weighted by Gasteiger charge is 1.97. The van der Waals surface area contributed by atoms with E-state index in [1.807, 2.05) is 6.92 Å². The molecule has 0 spiro atoms. The average molecular weight is 194 g/mol. The van der Waals surface area contributed by atoms with E-state index in [1.54, 1.807) is 0 Å². The smallest absolute Gasteiger partial charge is 0.232 e. The van der Waals surface area contributed by atoms with Gasteiger partial charge in [0.05, 0.1) is 31.3 Å². The fourth-order valence-corrected chi connectivity index (χ4v) is 0.829. The van der Waals surface area contributed by atoms with Crippen LogP contribution in [0.3, 0.4) is 0 Å². The summed E-state index contributed by atoms with van der Waals surface area (Å²) in [7, 11) is 0.